The lowest BCUT2D eigenvalue weighted by atomic mass is 9.87. The largest absolute Gasteiger partial charge is 0.325 e. The molecule has 0 aromatic heterocycles. The third-order valence-electron chi connectivity index (χ3n) is 4.97. The second-order valence-corrected chi connectivity index (χ2v) is 6.91. The SMILES string of the molecule is CCC1(c2ccc(F)cc2)NC(=O)N(CC(=O)Nc2ccc(C)cc2[N+](=O)[O-])C1=O. The summed E-state index contributed by atoms with van der Waals surface area (Å²) < 4.78 is 13.3. The van der Waals surface area contributed by atoms with Crippen molar-refractivity contribution in [3.05, 3.63) is 69.5 Å². The van der Waals surface area contributed by atoms with Gasteiger partial charge >= 0.3 is 6.03 Å². The Morgan fingerprint density at radius 2 is 1.90 bits per heavy atom. The molecule has 4 amide bonds. The molecule has 156 valence electrons. The van der Waals surface area contributed by atoms with Crippen molar-refractivity contribution in [1.82, 2.24) is 10.2 Å². The molecule has 1 fully saturated rings. The molecule has 1 atom stereocenters. The number of amides is 4. The van der Waals surface area contributed by atoms with Gasteiger partial charge in [0.1, 0.15) is 23.6 Å². The number of nitro groups is 1. The summed E-state index contributed by atoms with van der Waals surface area (Å²) >= 11 is 0. The Bertz CT molecular complexity index is 1040. The topological polar surface area (TPSA) is 122 Å². The molecule has 1 saturated heterocycles. The summed E-state index contributed by atoms with van der Waals surface area (Å²) in [5, 5.41) is 16.2. The number of nitrogens with zero attached hydrogens (tertiary/aromatic N) is 2. The number of hydrogen-bond donors (Lipinski definition) is 2. The maximum absolute atomic E-state index is 13.3. The van der Waals surface area contributed by atoms with Crippen LogP contribution in [0.1, 0.15) is 24.5 Å². The maximum atomic E-state index is 13.3. The molecule has 0 radical (unpaired) electrons. The number of carbonyl (C=O) groups excluding carboxylic acids is 3. The van der Waals surface area contributed by atoms with Gasteiger partial charge in [0, 0.05) is 6.07 Å². The summed E-state index contributed by atoms with van der Waals surface area (Å²) in [5.74, 6) is -1.91. The van der Waals surface area contributed by atoms with Crippen LogP contribution < -0.4 is 10.6 Å². The third kappa shape index (κ3) is 3.71. The van der Waals surface area contributed by atoms with Crippen molar-refractivity contribution in [2.24, 2.45) is 0 Å². The standard InChI is InChI=1S/C20H19FN4O5/c1-3-20(13-5-7-14(21)8-6-13)18(27)24(19(28)23-20)11-17(26)22-15-9-4-12(2)10-16(15)25(29)30/h4-10H,3,11H2,1-2H3,(H,22,26)(H,23,28). The minimum absolute atomic E-state index is 0.0389. The molecular formula is C20H19FN4O5. The first kappa shape index (κ1) is 20.9. The first-order valence-corrected chi connectivity index (χ1v) is 9.13. The smallest absolute Gasteiger partial charge is 0.319 e. The second kappa shape index (κ2) is 7.90. The zero-order valence-corrected chi connectivity index (χ0v) is 16.3. The molecule has 0 spiro atoms. The maximum Gasteiger partial charge on any atom is 0.325 e. The Hall–Kier alpha value is -3.82. The van der Waals surface area contributed by atoms with E-state index in [-0.39, 0.29) is 17.8 Å². The zero-order chi connectivity index (χ0) is 22.1. The minimum atomic E-state index is -1.42. The molecule has 2 aromatic carbocycles. The fourth-order valence-electron chi connectivity index (χ4n) is 3.38. The average molecular weight is 414 g/mol. The number of benzene rings is 2. The number of rotatable bonds is 6. The summed E-state index contributed by atoms with van der Waals surface area (Å²) in [4.78, 5) is 49.2. The van der Waals surface area contributed by atoms with E-state index in [0.717, 1.165) is 4.90 Å². The van der Waals surface area contributed by atoms with Gasteiger partial charge in [0.25, 0.3) is 11.6 Å². The predicted molar refractivity (Wildman–Crippen MR) is 105 cm³/mol. The number of halogens is 1. The van der Waals surface area contributed by atoms with Gasteiger partial charge in [-0.15, -0.1) is 0 Å². The highest BCUT2D eigenvalue weighted by Gasteiger charge is 2.51. The van der Waals surface area contributed by atoms with Crippen LogP contribution in [0.25, 0.3) is 0 Å². The van der Waals surface area contributed by atoms with Crippen LogP contribution in [0, 0.1) is 22.9 Å². The fourth-order valence-corrected chi connectivity index (χ4v) is 3.38. The predicted octanol–water partition coefficient (Wildman–Crippen LogP) is 2.84. The van der Waals surface area contributed by atoms with Crippen molar-refractivity contribution >= 4 is 29.2 Å². The number of urea groups is 1. The number of anilines is 1. The summed E-state index contributed by atoms with van der Waals surface area (Å²) in [7, 11) is 0. The van der Waals surface area contributed by atoms with Gasteiger partial charge in [-0.05, 0) is 42.7 Å². The summed E-state index contributed by atoms with van der Waals surface area (Å²) in [6.07, 6.45) is 0.185. The molecule has 30 heavy (non-hydrogen) atoms. The van der Waals surface area contributed by atoms with E-state index in [4.69, 9.17) is 0 Å². The van der Waals surface area contributed by atoms with Crippen LogP contribution in [0.2, 0.25) is 0 Å². The molecule has 0 saturated carbocycles. The van der Waals surface area contributed by atoms with E-state index in [1.165, 1.54) is 36.4 Å². The summed E-state index contributed by atoms with van der Waals surface area (Å²) in [5.41, 5.74) is -0.721. The molecule has 1 unspecified atom stereocenters. The van der Waals surface area contributed by atoms with Crippen LogP contribution in [0.5, 0.6) is 0 Å². The van der Waals surface area contributed by atoms with Crippen molar-refractivity contribution in [3.8, 4) is 0 Å². The molecule has 2 aromatic rings. The van der Waals surface area contributed by atoms with Crippen molar-refractivity contribution in [1.29, 1.82) is 0 Å². The molecule has 2 N–H and O–H groups in total. The molecule has 10 heteroatoms. The van der Waals surface area contributed by atoms with E-state index in [2.05, 4.69) is 10.6 Å². The Morgan fingerprint density at radius 1 is 1.23 bits per heavy atom. The van der Waals surface area contributed by atoms with Crippen molar-refractivity contribution < 1.29 is 23.7 Å². The molecule has 0 aliphatic carbocycles. The highest BCUT2D eigenvalue weighted by molar-refractivity contribution is 6.10. The van der Waals surface area contributed by atoms with E-state index in [1.54, 1.807) is 19.9 Å². The molecule has 1 aliphatic rings. The highest BCUT2D eigenvalue weighted by Crippen LogP contribution is 2.32. The Labute approximate surface area is 171 Å². The number of nitrogens with one attached hydrogen (secondary N) is 2. The van der Waals surface area contributed by atoms with Gasteiger partial charge < -0.3 is 10.6 Å². The lowest BCUT2D eigenvalue weighted by Crippen LogP contribution is -2.44. The van der Waals surface area contributed by atoms with Gasteiger partial charge in [0.15, 0.2) is 0 Å². The first-order chi connectivity index (χ1) is 14.2. The van der Waals surface area contributed by atoms with E-state index in [0.29, 0.717) is 11.1 Å². The molecule has 1 aliphatic heterocycles. The van der Waals surface area contributed by atoms with E-state index in [1.807, 2.05) is 0 Å². The summed E-state index contributed by atoms with van der Waals surface area (Å²) in [6.45, 7) is 2.73. The lowest BCUT2D eigenvalue weighted by Gasteiger charge is -2.25. The molecule has 3 rings (SSSR count). The Kier molecular flexibility index (Phi) is 5.50. The van der Waals surface area contributed by atoms with Gasteiger partial charge in [-0.2, -0.15) is 0 Å². The molecule has 0 bridgehead atoms. The van der Waals surface area contributed by atoms with Crippen molar-refractivity contribution in [3.63, 3.8) is 0 Å². The quantitative estimate of drug-likeness (QED) is 0.428. The normalized spacial score (nSPS) is 18.3. The van der Waals surface area contributed by atoms with E-state index < -0.39 is 40.7 Å². The highest BCUT2D eigenvalue weighted by atomic mass is 19.1. The van der Waals surface area contributed by atoms with E-state index in [9.17, 15) is 28.9 Å². The van der Waals surface area contributed by atoms with Crippen LogP contribution >= 0.6 is 0 Å². The van der Waals surface area contributed by atoms with Crippen molar-refractivity contribution in [2.45, 2.75) is 25.8 Å². The number of hydrogen-bond acceptors (Lipinski definition) is 5. The minimum Gasteiger partial charge on any atom is -0.319 e. The number of carbonyl (C=O) groups is 3. The summed E-state index contributed by atoms with van der Waals surface area (Å²) in [6, 6.07) is 8.65. The monoisotopic (exact) mass is 414 g/mol. The third-order valence-corrected chi connectivity index (χ3v) is 4.97. The van der Waals surface area contributed by atoms with Crippen LogP contribution in [0.15, 0.2) is 42.5 Å². The van der Waals surface area contributed by atoms with Crippen LogP contribution in [0.3, 0.4) is 0 Å². The van der Waals surface area contributed by atoms with Gasteiger partial charge in [-0.3, -0.25) is 24.6 Å². The molecule has 9 nitrogen and oxygen atoms in total. The lowest BCUT2D eigenvalue weighted by molar-refractivity contribution is -0.384. The van der Waals surface area contributed by atoms with E-state index >= 15 is 0 Å². The zero-order valence-electron chi connectivity index (χ0n) is 16.3. The number of nitro benzene ring substituents is 1. The molecular weight excluding hydrogens is 395 g/mol. The van der Waals surface area contributed by atoms with Crippen LogP contribution in [0.4, 0.5) is 20.6 Å². The average Bonchev–Trinajstić information content (AvgIpc) is 2.94. The Morgan fingerprint density at radius 3 is 2.50 bits per heavy atom. The van der Waals surface area contributed by atoms with Gasteiger partial charge in [-0.25, -0.2) is 9.18 Å². The first-order valence-electron chi connectivity index (χ1n) is 9.13. The Balaban J connectivity index is 1.81. The fraction of sp³-hybridized carbons (Fsp3) is 0.250. The van der Waals surface area contributed by atoms with Gasteiger partial charge in [0.2, 0.25) is 5.91 Å². The number of imide groups is 1. The number of aryl methyl sites for hydroxylation is 1. The second-order valence-electron chi connectivity index (χ2n) is 6.91. The van der Waals surface area contributed by atoms with Crippen molar-refractivity contribution in [2.75, 3.05) is 11.9 Å². The van der Waals surface area contributed by atoms with Crippen LogP contribution in [-0.2, 0) is 15.1 Å². The van der Waals surface area contributed by atoms with Gasteiger partial charge in [-0.1, -0.05) is 25.1 Å². The molecule has 1 heterocycles. The van der Waals surface area contributed by atoms with Crippen LogP contribution in [-0.4, -0.2) is 34.2 Å². The van der Waals surface area contributed by atoms with Gasteiger partial charge in [0.05, 0.1) is 4.92 Å².